The van der Waals surface area contributed by atoms with Crippen molar-refractivity contribution in [3.8, 4) is 0 Å². The number of carboxylic acid groups (broad SMARTS) is 1. The molecule has 26 heavy (non-hydrogen) atoms. The van der Waals surface area contributed by atoms with Crippen molar-refractivity contribution in [1.82, 2.24) is 15.5 Å². The number of nitrogens with one attached hydrogen (secondary N) is 2. The highest BCUT2D eigenvalue weighted by Crippen LogP contribution is 2.17. The predicted octanol–water partition coefficient (Wildman–Crippen LogP) is -1.97. The number of carbonyl (C=O) groups excluding carboxylic acids is 3. The van der Waals surface area contributed by atoms with Gasteiger partial charge in [0.15, 0.2) is 0 Å². The van der Waals surface area contributed by atoms with Gasteiger partial charge in [0.25, 0.3) is 0 Å². The van der Waals surface area contributed by atoms with Crippen LogP contribution in [0.1, 0.15) is 33.1 Å². The van der Waals surface area contributed by atoms with Crippen LogP contribution in [0.2, 0.25) is 0 Å². The summed E-state index contributed by atoms with van der Waals surface area (Å²) in [5.74, 6) is -2.99. The highest BCUT2D eigenvalue weighted by molar-refractivity contribution is 5.92. The summed E-state index contributed by atoms with van der Waals surface area (Å²) in [6.07, 6.45) is 1.58. The smallest absolute Gasteiger partial charge is 0.326 e. The van der Waals surface area contributed by atoms with Crippen molar-refractivity contribution in [2.75, 3.05) is 19.7 Å². The number of hydrogen-bond acceptors (Lipinski definition) is 6. The second kappa shape index (κ2) is 10.1. The number of aliphatic hydroxyl groups excluding tert-OH is 1. The molecule has 0 aromatic rings. The zero-order valence-corrected chi connectivity index (χ0v) is 15.1. The van der Waals surface area contributed by atoms with Crippen LogP contribution in [0.15, 0.2) is 0 Å². The summed E-state index contributed by atoms with van der Waals surface area (Å²) in [5, 5.41) is 23.0. The minimum absolute atomic E-state index is 0.224. The third kappa shape index (κ3) is 5.67. The number of amides is 3. The van der Waals surface area contributed by atoms with Gasteiger partial charge in [-0.25, -0.2) is 4.79 Å². The number of aliphatic hydroxyl groups is 1. The first-order valence-corrected chi connectivity index (χ1v) is 8.69. The van der Waals surface area contributed by atoms with Crippen molar-refractivity contribution in [3.63, 3.8) is 0 Å². The number of likely N-dealkylation sites (tertiary alicyclic amines) is 1. The Morgan fingerprint density at radius 3 is 2.46 bits per heavy atom. The van der Waals surface area contributed by atoms with E-state index >= 15 is 0 Å². The summed E-state index contributed by atoms with van der Waals surface area (Å²) in [4.78, 5) is 48.9. The molecular formula is C16H28N4O6. The third-order valence-corrected chi connectivity index (χ3v) is 4.60. The van der Waals surface area contributed by atoms with E-state index in [1.807, 2.05) is 6.92 Å². The van der Waals surface area contributed by atoms with Gasteiger partial charge in [0.1, 0.15) is 18.1 Å². The van der Waals surface area contributed by atoms with E-state index in [0.29, 0.717) is 25.8 Å². The fourth-order valence-corrected chi connectivity index (χ4v) is 2.74. The molecule has 10 heteroatoms. The van der Waals surface area contributed by atoms with E-state index in [-0.39, 0.29) is 12.5 Å². The second-order valence-corrected chi connectivity index (χ2v) is 6.46. The monoisotopic (exact) mass is 372 g/mol. The molecule has 1 aliphatic rings. The van der Waals surface area contributed by atoms with Gasteiger partial charge >= 0.3 is 5.97 Å². The van der Waals surface area contributed by atoms with Crippen LogP contribution in [0.4, 0.5) is 0 Å². The summed E-state index contributed by atoms with van der Waals surface area (Å²) >= 11 is 0. The third-order valence-electron chi connectivity index (χ3n) is 4.60. The van der Waals surface area contributed by atoms with Crippen molar-refractivity contribution >= 4 is 23.7 Å². The quantitative estimate of drug-likeness (QED) is 0.313. The largest absolute Gasteiger partial charge is 0.480 e. The molecule has 6 N–H and O–H groups in total. The molecule has 0 saturated carbocycles. The minimum Gasteiger partial charge on any atom is -0.480 e. The van der Waals surface area contributed by atoms with Gasteiger partial charge in [-0.15, -0.1) is 0 Å². The Balaban J connectivity index is 2.67. The maximum Gasteiger partial charge on any atom is 0.326 e. The van der Waals surface area contributed by atoms with Gasteiger partial charge in [-0.1, -0.05) is 20.3 Å². The molecule has 1 saturated heterocycles. The van der Waals surface area contributed by atoms with Crippen LogP contribution >= 0.6 is 0 Å². The number of rotatable bonds is 9. The summed E-state index contributed by atoms with van der Waals surface area (Å²) in [7, 11) is 0. The Kier molecular flexibility index (Phi) is 8.46. The van der Waals surface area contributed by atoms with E-state index in [2.05, 4.69) is 10.6 Å². The van der Waals surface area contributed by atoms with Gasteiger partial charge in [0, 0.05) is 6.54 Å². The molecule has 0 aromatic heterocycles. The van der Waals surface area contributed by atoms with E-state index < -0.39 is 48.4 Å². The Labute approximate surface area is 152 Å². The zero-order chi connectivity index (χ0) is 19.9. The highest BCUT2D eigenvalue weighted by atomic mass is 16.4. The van der Waals surface area contributed by atoms with Crippen molar-refractivity contribution < 1.29 is 29.4 Å². The molecule has 4 unspecified atom stereocenters. The summed E-state index contributed by atoms with van der Waals surface area (Å²) in [5.41, 5.74) is 5.44. The van der Waals surface area contributed by atoms with Crippen LogP contribution in [-0.4, -0.2) is 76.6 Å². The fraction of sp³-hybridized carbons (Fsp3) is 0.750. The first-order chi connectivity index (χ1) is 12.2. The van der Waals surface area contributed by atoms with Crippen LogP contribution in [-0.2, 0) is 19.2 Å². The Morgan fingerprint density at radius 2 is 1.92 bits per heavy atom. The summed E-state index contributed by atoms with van der Waals surface area (Å²) in [6, 6.07) is -2.92. The van der Waals surface area contributed by atoms with Gasteiger partial charge < -0.3 is 31.5 Å². The lowest BCUT2D eigenvalue weighted by molar-refractivity contribution is -0.148. The lowest BCUT2D eigenvalue weighted by atomic mass is 9.98. The molecule has 3 amide bonds. The number of aliphatic carboxylic acids is 1. The number of hydrogen-bond donors (Lipinski definition) is 5. The van der Waals surface area contributed by atoms with Crippen molar-refractivity contribution in [2.24, 2.45) is 11.7 Å². The maximum atomic E-state index is 12.4. The van der Waals surface area contributed by atoms with Gasteiger partial charge in [0.05, 0.1) is 13.2 Å². The lowest BCUT2D eigenvalue weighted by Crippen LogP contribution is -2.56. The van der Waals surface area contributed by atoms with E-state index in [0.717, 1.165) is 0 Å². The van der Waals surface area contributed by atoms with Crippen LogP contribution in [0.3, 0.4) is 0 Å². The molecule has 0 aliphatic carbocycles. The summed E-state index contributed by atoms with van der Waals surface area (Å²) in [6.45, 7) is 3.04. The second-order valence-electron chi connectivity index (χ2n) is 6.46. The van der Waals surface area contributed by atoms with Gasteiger partial charge in [-0.05, 0) is 18.8 Å². The van der Waals surface area contributed by atoms with Crippen LogP contribution in [0, 0.1) is 5.92 Å². The molecule has 1 fully saturated rings. The van der Waals surface area contributed by atoms with E-state index in [4.69, 9.17) is 15.9 Å². The highest BCUT2D eigenvalue weighted by Gasteiger charge is 2.34. The van der Waals surface area contributed by atoms with Crippen LogP contribution in [0.25, 0.3) is 0 Å². The molecule has 0 bridgehead atoms. The molecular weight excluding hydrogens is 344 g/mol. The summed E-state index contributed by atoms with van der Waals surface area (Å²) < 4.78 is 0. The average Bonchev–Trinajstić information content (AvgIpc) is 3.12. The molecule has 148 valence electrons. The SMILES string of the molecule is CCC(C)C(NC(=O)C(N)CO)C(=O)NCC(=O)N1CCCC1C(=O)O. The maximum absolute atomic E-state index is 12.4. The number of nitrogens with zero attached hydrogens (tertiary/aromatic N) is 1. The molecule has 0 aromatic carbocycles. The van der Waals surface area contributed by atoms with E-state index in [9.17, 15) is 19.2 Å². The molecule has 1 rings (SSSR count). The van der Waals surface area contributed by atoms with Gasteiger partial charge in [-0.2, -0.15) is 0 Å². The van der Waals surface area contributed by atoms with Crippen molar-refractivity contribution in [2.45, 2.75) is 51.2 Å². The molecule has 1 aliphatic heterocycles. The topological polar surface area (TPSA) is 162 Å². The van der Waals surface area contributed by atoms with Gasteiger partial charge in [-0.3, -0.25) is 14.4 Å². The molecule has 0 spiro atoms. The fourth-order valence-electron chi connectivity index (χ4n) is 2.74. The van der Waals surface area contributed by atoms with E-state index in [1.165, 1.54) is 4.90 Å². The van der Waals surface area contributed by atoms with Crippen molar-refractivity contribution in [1.29, 1.82) is 0 Å². The zero-order valence-electron chi connectivity index (χ0n) is 15.1. The number of nitrogens with two attached hydrogens (primary N) is 1. The standard InChI is InChI=1S/C16H28N4O6/c1-3-9(2)13(19-14(23)10(17)8-21)15(24)18-7-12(22)20-6-4-5-11(20)16(25)26/h9-11,13,21H,3-8,17H2,1-2H3,(H,18,24)(H,19,23)(H,25,26). The van der Waals surface area contributed by atoms with Crippen molar-refractivity contribution in [3.05, 3.63) is 0 Å². The average molecular weight is 372 g/mol. The van der Waals surface area contributed by atoms with E-state index in [1.54, 1.807) is 6.92 Å². The minimum atomic E-state index is -1.14. The Morgan fingerprint density at radius 1 is 1.27 bits per heavy atom. The lowest BCUT2D eigenvalue weighted by Gasteiger charge is -2.26. The molecule has 0 radical (unpaired) electrons. The van der Waals surface area contributed by atoms with Gasteiger partial charge in [0.2, 0.25) is 17.7 Å². The Hall–Kier alpha value is -2.20. The molecule has 4 atom stereocenters. The van der Waals surface area contributed by atoms with Crippen LogP contribution in [0.5, 0.6) is 0 Å². The van der Waals surface area contributed by atoms with Crippen LogP contribution < -0.4 is 16.4 Å². The first-order valence-electron chi connectivity index (χ1n) is 8.69. The molecule has 10 nitrogen and oxygen atoms in total. The number of carboxylic acids is 1. The number of carbonyl (C=O) groups is 4. The predicted molar refractivity (Wildman–Crippen MR) is 91.8 cm³/mol. The molecule has 1 heterocycles. The normalized spacial score (nSPS) is 20.2. The Bertz CT molecular complexity index is 541. The first kappa shape index (κ1) is 21.8.